The summed E-state index contributed by atoms with van der Waals surface area (Å²) >= 11 is 1.51. The van der Waals surface area contributed by atoms with Crippen molar-refractivity contribution in [1.29, 1.82) is 0 Å². The molecule has 2 aromatic rings. The molecule has 1 fully saturated rings. The number of nitrogens with zero attached hydrogens (tertiary/aromatic N) is 1. The maximum atomic E-state index is 13.3. The Morgan fingerprint density at radius 2 is 1.73 bits per heavy atom. The number of thioether (sulfide) groups is 1. The topological polar surface area (TPSA) is 95.9 Å². The highest BCUT2D eigenvalue weighted by atomic mass is 32.2. The molecule has 0 saturated carbocycles. The molecule has 0 aromatic heterocycles. The van der Waals surface area contributed by atoms with Crippen LogP contribution in [-0.2, 0) is 14.3 Å². The van der Waals surface area contributed by atoms with E-state index >= 15 is 0 Å². The lowest BCUT2D eigenvalue weighted by atomic mass is 9.96. The average molecular weight is 469 g/mol. The SMILES string of the molecule is CCC(C)(NC(=O)OCC1c2ccccc2-c2ccccc21)C(=O)N1CCSCC1C(=O)O. The molecule has 0 bridgehead atoms. The Morgan fingerprint density at radius 1 is 1.12 bits per heavy atom. The van der Waals surface area contributed by atoms with E-state index < -0.39 is 29.6 Å². The predicted octanol–water partition coefficient (Wildman–Crippen LogP) is 3.72. The molecule has 0 spiro atoms. The zero-order valence-electron chi connectivity index (χ0n) is 18.7. The number of aliphatic carboxylic acids is 1. The second kappa shape index (κ2) is 9.47. The van der Waals surface area contributed by atoms with Gasteiger partial charge in [0.05, 0.1) is 0 Å². The van der Waals surface area contributed by atoms with Crippen molar-refractivity contribution in [2.24, 2.45) is 0 Å². The van der Waals surface area contributed by atoms with Crippen LogP contribution in [0.1, 0.15) is 37.3 Å². The lowest BCUT2D eigenvalue weighted by Gasteiger charge is -2.39. The summed E-state index contributed by atoms with van der Waals surface area (Å²) in [5.74, 6) is -0.505. The van der Waals surface area contributed by atoms with Gasteiger partial charge in [-0.05, 0) is 35.6 Å². The number of carbonyl (C=O) groups is 3. The summed E-state index contributed by atoms with van der Waals surface area (Å²) in [6.07, 6.45) is -0.376. The van der Waals surface area contributed by atoms with Gasteiger partial charge in [-0.25, -0.2) is 9.59 Å². The number of amides is 2. The molecule has 2 aromatic carbocycles. The van der Waals surface area contributed by atoms with Gasteiger partial charge in [0.2, 0.25) is 5.91 Å². The van der Waals surface area contributed by atoms with Crippen molar-refractivity contribution in [3.05, 3.63) is 59.7 Å². The monoisotopic (exact) mass is 468 g/mol. The summed E-state index contributed by atoms with van der Waals surface area (Å²) in [5.41, 5.74) is 3.24. The van der Waals surface area contributed by atoms with Gasteiger partial charge < -0.3 is 20.1 Å². The predicted molar refractivity (Wildman–Crippen MR) is 127 cm³/mol. The minimum absolute atomic E-state index is 0.0813. The second-order valence-corrected chi connectivity index (χ2v) is 9.71. The molecule has 1 aliphatic heterocycles. The van der Waals surface area contributed by atoms with E-state index in [2.05, 4.69) is 17.4 Å². The van der Waals surface area contributed by atoms with Crippen molar-refractivity contribution in [2.75, 3.05) is 24.7 Å². The fourth-order valence-electron chi connectivity index (χ4n) is 4.52. The third-order valence-corrected chi connectivity index (χ3v) is 7.60. The molecule has 0 radical (unpaired) electrons. The number of alkyl carbamates (subject to hydrolysis) is 1. The maximum absolute atomic E-state index is 13.3. The van der Waals surface area contributed by atoms with E-state index in [-0.39, 0.29) is 12.5 Å². The van der Waals surface area contributed by atoms with Crippen molar-refractivity contribution in [3.63, 3.8) is 0 Å². The molecule has 2 amide bonds. The summed E-state index contributed by atoms with van der Waals surface area (Å²) in [6.45, 7) is 3.89. The van der Waals surface area contributed by atoms with Crippen molar-refractivity contribution >= 4 is 29.7 Å². The van der Waals surface area contributed by atoms with Crippen LogP contribution in [0.2, 0.25) is 0 Å². The molecule has 2 N–H and O–H groups in total. The van der Waals surface area contributed by atoms with Crippen LogP contribution in [-0.4, -0.2) is 64.2 Å². The second-order valence-electron chi connectivity index (χ2n) is 8.56. The first kappa shape index (κ1) is 23.2. The Morgan fingerprint density at radius 3 is 2.30 bits per heavy atom. The number of hydrogen-bond donors (Lipinski definition) is 2. The number of fused-ring (bicyclic) bond motifs is 3. The smallest absolute Gasteiger partial charge is 0.408 e. The van der Waals surface area contributed by atoms with Gasteiger partial charge in [-0.2, -0.15) is 11.8 Å². The highest BCUT2D eigenvalue weighted by Crippen LogP contribution is 2.44. The lowest BCUT2D eigenvalue weighted by Crippen LogP contribution is -2.62. The molecule has 8 heteroatoms. The summed E-state index contributed by atoms with van der Waals surface area (Å²) in [5, 5.41) is 12.2. The molecule has 2 aliphatic rings. The van der Waals surface area contributed by atoms with Crippen LogP contribution < -0.4 is 5.32 Å². The van der Waals surface area contributed by atoms with Gasteiger partial charge >= 0.3 is 12.1 Å². The molecular formula is C25H28N2O5S. The third-order valence-electron chi connectivity index (χ3n) is 6.58. The van der Waals surface area contributed by atoms with E-state index in [1.165, 1.54) is 16.7 Å². The largest absolute Gasteiger partial charge is 0.480 e. The third kappa shape index (κ3) is 4.44. The molecular weight excluding hydrogens is 440 g/mol. The zero-order valence-corrected chi connectivity index (χ0v) is 19.6. The standard InChI is InChI=1S/C25H28N2O5S/c1-3-25(2,23(30)27-12-13-33-15-21(27)22(28)29)26-24(31)32-14-20-18-10-6-4-8-16(18)17-9-5-7-11-19(17)20/h4-11,20-21H,3,12-15H2,1-2H3,(H,26,31)(H,28,29). The number of carbonyl (C=O) groups excluding carboxylic acids is 2. The molecule has 1 saturated heterocycles. The average Bonchev–Trinajstić information content (AvgIpc) is 3.16. The van der Waals surface area contributed by atoms with Gasteiger partial charge in [-0.15, -0.1) is 0 Å². The lowest BCUT2D eigenvalue weighted by molar-refractivity contribution is -0.152. The fourth-order valence-corrected chi connectivity index (χ4v) is 5.56. The molecule has 33 heavy (non-hydrogen) atoms. The van der Waals surface area contributed by atoms with E-state index in [1.807, 2.05) is 36.4 Å². The van der Waals surface area contributed by atoms with Crippen LogP contribution in [0.25, 0.3) is 11.1 Å². The molecule has 174 valence electrons. The maximum Gasteiger partial charge on any atom is 0.408 e. The van der Waals surface area contributed by atoms with E-state index in [0.29, 0.717) is 24.5 Å². The minimum Gasteiger partial charge on any atom is -0.480 e. The van der Waals surface area contributed by atoms with Gasteiger partial charge in [0.15, 0.2) is 0 Å². The molecule has 7 nitrogen and oxygen atoms in total. The first-order valence-corrected chi connectivity index (χ1v) is 12.3. The van der Waals surface area contributed by atoms with Crippen LogP contribution in [0.3, 0.4) is 0 Å². The molecule has 2 unspecified atom stereocenters. The summed E-state index contributed by atoms with van der Waals surface area (Å²) in [6, 6.07) is 15.3. The van der Waals surface area contributed by atoms with Crippen LogP contribution in [0.5, 0.6) is 0 Å². The van der Waals surface area contributed by atoms with Crippen molar-refractivity contribution in [3.8, 4) is 11.1 Å². The van der Waals surface area contributed by atoms with Crippen molar-refractivity contribution in [1.82, 2.24) is 10.2 Å². The van der Waals surface area contributed by atoms with Gasteiger partial charge in [-0.3, -0.25) is 4.79 Å². The normalized spacial score (nSPS) is 19.2. The zero-order chi connectivity index (χ0) is 23.6. The van der Waals surface area contributed by atoms with Crippen LogP contribution in [0.15, 0.2) is 48.5 Å². The Bertz CT molecular complexity index is 1030. The first-order chi connectivity index (χ1) is 15.9. The Labute approximate surface area is 197 Å². The van der Waals surface area contributed by atoms with Crippen LogP contribution in [0.4, 0.5) is 4.79 Å². The number of carboxylic acids is 1. The van der Waals surface area contributed by atoms with E-state index in [4.69, 9.17) is 4.74 Å². The fraction of sp³-hybridized carbons (Fsp3) is 0.400. The summed E-state index contributed by atoms with van der Waals surface area (Å²) in [4.78, 5) is 39.1. The minimum atomic E-state index is -1.25. The van der Waals surface area contributed by atoms with Gasteiger partial charge in [-0.1, -0.05) is 55.5 Å². The van der Waals surface area contributed by atoms with E-state index in [0.717, 1.165) is 22.3 Å². The van der Waals surface area contributed by atoms with Crippen molar-refractivity contribution < 1.29 is 24.2 Å². The van der Waals surface area contributed by atoms with E-state index in [1.54, 1.807) is 13.8 Å². The van der Waals surface area contributed by atoms with Crippen molar-refractivity contribution in [2.45, 2.75) is 37.8 Å². The highest BCUT2D eigenvalue weighted by Gasteiger charge is 2.42. The van der Waals surface area contributed by atoms with Gasteiger partial charge in [0.1, 0.15) is 18.2 Å². The number of carboxylic acid groups (broad SMARTS) is 1. The Kier molecular flexibility index (Phi) is 6.65. The van der Waals surface area contributed by atoms with E-state index in [9.17, 15) is 19.5 Å². The first-order valence-electron chi connectivity index (χ1n) is 11.1. The molecule has 4 rings (SSSR count). The number of benzene rings is 2. The number of hydrogen-bond acceptors (Lipinski definition) is 5. The molecule has 1 aliphatic carbocycles. The highest BCUT2D eigenvalue weighted by molar-refractivity contribution is 7.99. The quantitative estimate of drug-likeness (QED) is 0.671. The van der Waals surface area contributed by atoms with Gasteiger partial charge in [0, 0.05) is 24.0 Å². The van der Waals surface area contributed by atoms with Gasteiger partial charge in [0.25, 0.3) is 0 Å². The Balaban J connectivity index is 1.46. The summed E-state index contributed by atoms with van der Waals surface area (Å²) < 4.78 is 5.61. The number of rotatable bonds is 6. The molecule has 1 heterocycles. The number of ether oxygens (including phenoxy) is 1. The number of nitrogens with one attached hydrogen (secondary N) is 1. The van der Waals surface area contributed by atoms with Crippen LogP contribution >= 0.6 is 11.8 Å². The summed E-state index contributed by atoms with van der Waals surface area (Å²) in [7, 11) is 0. The Hall–Kier alpha value is -3.00. The molecule has 2 atom stereocenters. The van der Waals surface area contributed by atoms with Crippen LogP contribution in [0, 0.1) is 0 Å².